The molecule has 1 atom stereocenters. The Morgan fingerprint density at radius 1 is 1.05 bits per heavy atom. The number of fused-ring (bicyclic) bond motifs is 2. The average molecular weight is 576 g/mol. The van der Waals surface area contributed by atoms with Crippen LogP contribution in [0.1, 0.15) is 77.5 Å². The molecule has 0 radical (unpaired) electrons. The van der Waals surface area contributed by atoms with E-state index >= 15 is 0 Å². The minimum absolute atomic E-state index is 0.182. The van der Waals surface area contributed by atoms with Crippen molar-refractivity contribution in [1.82, 2.24) is 34.3 Å². The molecule has 0 saturated heterocycles. The fraction of sp³-hybridized carbons (Fsp3) is 0.303. The van der Waals surface area contributed by atoms with Crippen LogP contribution in [0.4, 0.5) is 0 Å². The molecule has 10 heteroatoms. The lowest BCUT2D eigenvalue weighted by atomic mass is 9.95. The number of carboxylic acid groups (broad SMARTS) is 1. The monoisotopic (exact) mass is 575 g/mol. The lowest BCUT2D eigenvalue weighted by Crippen LogP contribution is -2.09. The quantitative estimate of drug-likeness (QED) is 0.231. The second-order valence-corrected chi connectivity index (χ2v) is 11.8. The summed E-state index contributed by atoms with van der Waals surface area (Å²) in [5, 5.41) is 36.6. The fourth-order valence-corrected chi connectivity index (χ4v) is 6.06. The van der Waals surface area contributed by atoms with Crippen LogP contribution in [0.25, 0.3) is 38.9 Å². The molecule has 4 heterocycles. The molecule has 1 fully saturated rings. The standard InChI is InChI=1S/C33H33N7O3/c1-18(2)29-19(3)40(27-14-23-15-38(4)37-32(23)34-30(27)21-10-11-21)36-31(29)24-6-5-7-26-25(24)16-39(35-26)17-28(41)20-8-12-22(13-9-20)33(42)43/h5-9,12-16,18,21,28,41H,10-11,17H2,1-4H3,(H,42,43)/t28-/m0/s1. The van der Waals surface area contributed by atoms with Crippen LogP contribution in [0.3, 0.4) is 0 Å². The number of rotatable bonds is 8. The molecular formula is C33H33N7O3. The van der Waals surface area contributed by atoms with E-state index in [1.807, 2.05) is 31.6 Å². The molecule has 2 aromatic carbocycles. The summed E-state index contributed by atoms with van der Waals surface area (Å²) >= 11 is 0. The number of aliphatic hydroxyl groups excluding tert-OH is 1. The number of aryl methyl sites for hydroxylation is 1. The van der Waals surface area contributed by atoms with Gasteiger partial charge in [0.25, 0.3) is 0 Å². The van der Waals surface area contributed by atoms with Crippen LogP contribution in [0, 0.1) is 6.92 Å². The number of carboxylic acids is 1. The van der Waals surface area contributed by atoms with Gasteiger partial charge in [-0.2, -0.15) is 15.3 Å². The highest BCUT2D eigenvalue weighted by Crippen LogP contribution is 2.44. The van der Waals surface area contributed by atoms with Gasteiger partial charge in [-0.1, -0.05) is 38.1 Å². The van der Waals surface area contributed by atoms with Gasteiger partial charge in [-0.3, -0.25) is 9.36 Å². The van der Waals surface area contributed by atoms with E-state index in [1.165, 1.54) is 17.7 Å². The Kier molecular flexibility index (Phi) is 6.39. The Balaban J connectivity index is 1.30. The highest BCUT2D eigenvalue weighted by molar-refractivity contribution is 5.94. The number of carbonyl (C=O) groups is 1. The molecule has 1 aliphatic rings. The molecule has 10 nitrogen and oxygen atoms in total. The van der Waals surface area contributed by atoms with E-state index < -0.39 is 12.1 Å². The number of aliphatic hydroxyl groups is 1. The van der Waals surface area contributed by atoms with Crippen LogP contribution in [-0.4, -0.2) is 50.5 Å². The lowest BCUT2D eigenvalue weighted by Gasteiger charge is -2.11. The Hall–Kier alpha value is -4.83. The first-order valence-corrected chi connectivity index (χ1v) is 14.6. The van der Waals surface area contributed by atoms with Gasteiger partial charge in [0.1, 0.15) is 0 Å². The number of aromatic nitrogens is 7. The molecule has 0 unspecified atom stereocenters. The van der Waals surface area contributed by atoms with Crippen LogP contribution < -0.4 is 0 Å². The highest BCUT2D eigenvalue weighted by Gasteiger charge is 2.31. The molecule has 43 heavy (non-hydrogen) atoms. The molecule has 0 spiro atoms. The third-order valence-corrected chi connectivity index (χ3v) is 8.30. The fourth-order valence-electron chi connectivity index (χ4n) is 6.06. The summed E-state index contributed by atoms with van der Waals surface area (Å²) in [7, 11) is 1.92. The number of hydrogen-bond donors (Lipinski definition) is 2. The summed E-state index contributed by atoms with van der Waals surface area (Å²) in [5.41, 5.74) is 8.60. The molecule has 0 aliphatic heterocycles. The largest absolute Gasteiger partial charge is 0.478 e. The third kappa shape index (κ3) is 4.77. The maximum absolute atomic E-state index is 11.2. The van der Waals surface area contributed by atoms with Gasteiger partial charge in [0.15, 0.2) is 5.65 Å². The van der Waals surface area contributed by atoms with E-state index in [1.54, 1.807) is 21.5 Å². The van der Waals surface area contributed by atoms with Gasteiger partial charge < -0.3 is 10.2 Å². The van der Waals surface area contributed by atoms with Crippen molar-refractivity contribution in [3.63, 3.8) is 0 Å². The number of nitrogens with zero attached hydrogens (tertiary/aromatic N) is 7. The minimum Gasteiger partial charge on any atom is -0.478 e. The van der Waals surface area contributed by atoms with Crippen molar-refractivity contribution >= 4 is 27.9 Å². The van der Waals surface area contributed by atoms with E-state index in [2.05, 4.69) is 42.7 Å². The number of benzene rings is 2. The second-order valence-electron chi connectivity index (χ2n) is 11.8. The molecule has 0 amide bonds. The normalized spacial score (nSPS) is 14.3. The highest BCUT2D eigenvalue weighted by atomic mass is 16.4. The number of aromatic carboxylic acids is 1. The SMILES string of the molecule is Cc1c(C(C)C)c(-c2cccc3nn(C[C@H](O)c4ccc(C(=O)O)cc4)cc23)nn1-c1cc2cn(C)nc2nc1C1CC1. The zero-order valence-corrected chi connectivity index (χ0v) is 24.6. The molecule has 7 rings (SSSR count). The van der Waals surface area contributed by atoms with Gasteiger partial charge in [0, 0.05) is 53.0 Å². The van der Waals surface area contributed by atoms with Crippen molar-refractivity contribution in [2.75, 3.05) is 0 Å². The number of hydrogen-bond acceptors (Lipinski definition) is 6. The average Bonchev–Trinajstić information content (AvgIpc) is 3.49. The molecule has 0 bridgehead atoms. The Labute approximate surface area is 248 Å². The van der Waals surface area contributed by atoms with Gasteiger partial charge >= 0.3 is 5.97 Å². The predicted molar refractivity (Wildman–Crippen MR) is 164 cm³/mol. The summed E-state index contributed by atoms with van der Waals surface area (Å²) in [5.74, 6) is -0.350. The van der Waals surface area contributed by atoms with Crippen molar-refractivity contribution in [2.24, 2.45) is 7.05 Å². The van der Waals surface area contributed by atoms with Gasteiger partial charge in [-0.05, 0) is 55.5 Å². The molecule has 1 aliphatic carbocycles. The van der Waals surface area contributed by atoms with Crippen LogP contribution in [0.2, 0.25) is 0 Å². The summed E-state index contributed by atoms with van der Waals surface area (Å²) in [6.07, 6.45) is 5.35. The number of pyridine rings is 1. The second kappa shape index (κ2) is 10.2. The Morgan fingerprint density at radius 2 is 1.81 bits per heavy atom. The Bertz CT molecular complexity index is 2010. The third-order valence-electron chi connectivity index (χ3n) is 8.30. The van der Waals surface area contributed by atoms with Crippen LogP contribution in [-0.2, 0) is 13.6 Å². The van der Waals surface area contributed by atoms with Gasteiger partial charge in [0.2, 0.25) is 0 Å². The van der Waals surface area contributed by atoms with Crippen molar-refractivity contribution in [3.8, 4) is 16.9 Å². The van der Waals surface area contributed by atoms with Crippen molar-refractivity contribution in [3.05, 3.63) is 89.0 Å². The summed E-state index contributed by atoms with van der Waals surface area (Å²) in [6, 6.07) is 14.5. The molecule has 218 valence electrons. The van der Waals surface area contributed by atoms with Crippen molar-refractivity contribution in [1.29, 1.82) is 0 Å². The molecule has 6 aromatic rings. The zero-order valence-electron chi connectivity index (χ0n) is 24.6. The van der Waals surface area contributed by atoms with Crippen molar-refractivity contribution < 1.29 is 15.0 Å². The smallest absolute Gasteiger partial charge is 0.335 e. The Morgan fingerprint density at radius 3 is 2.51 bits per heavy atom. The van der Waals surface area contributed by atoms with Gasteiger partial charge in [-0.15, -0.1) is 0 Å². The lowest BCUT2D eigenvalue weighted by molar-refractivity contribution is 0.0696. The summed E-state index contributed by atoms with van der Waals surface area (Å²) in [6.45, 7) is 6.74. The molecule has 4 aromatic heterocycles. The maximum atomic E-state index is 11.2. The van der Waals surface area contributed by atoms with E-state index in [0.717, 1.165) is 63.1 Å². The molecule has 2 N–H and O–H groups in total. The zero-order chi connectivity index (χ0) is 30.0. The first-order valence-electron chi connectivity index (χ1n) is 14.6. The topological polar surface area (TPSA) is 124 Å². The van der Waals surface area contributed by atoms with E-state index in [4.69, 9.17) is 15.2 Å². The summed E-state index contributed by atoms with van der Waals surface area (Å²) in [4.78, 5) is 16.2. The van der Waals surface area contributed by atoms with Crippen LogP contribution in [0.5, 0.6) is 0 Å². The van der Waals surface area contributed by atoms with Crippen molar-refractivity contribution in [2.45, 2.75) is 58.1 Å². The molecular weight excluding hydrogens is 542 g/mol. The minimum atomic E-state index is -0.997. The molecule has 1 saturated carbocycles. The van der Waals surface area contributed by atoms with E-state index in [-0.39, 0.29) is 18.0 Å². The van der Waals surface area contributed by atoms with Crippen LogP contribution >= 0.6 is 0 Å². The van der Waals surface area contributed by atoms with Gasteiger partial charge in [0.05, 0.1) is 40.8 Å². The maximum Gasteiger partial charge on any atom is 0.335 e. The van der Waals surface area contributed by atoms with Gasteiger partial charge in [-0.25, -0.2) is 14.5 Å². The predicted octanol–water partition coefficient (Wildman–Crippen LogP) is 5.91. The first kappa shape index (κ1) is 27.0. The summed E-state index contributed by atoms with van der Waals surface area (Å²) < 4.78 is 5.61. The van der Waals surface area contributed by atoms with E-state index in [0.29, 0.717) is 11.5 Å². The van der Waals surface area contributed by atoms with Crippen LogP contribution in [0.15, 0.2) is 60.9 Å². The first-order chi connectivity index (χ1) is 20.7. The van der Waals surface area contributed by atoms with E-state index in [9.17, 15) is 15.0 Å².